The third-order valence-electron chi connectivity index (χ3n) is 5.95. The SMILES string of the molecule is Cc1nc2c(-c3ncn[nH]3)cc(N3CCOCC3)cc2n1-c1ccc2ccccc2c1. The number of H-pyrrole nitrogens is 1. The second-order valence-electron chi connectivity index (χ2n) is 7.82. The molecule has 7 nitrogen and oxygen atoms in total. The summed E-state index contributed by atoms with van der Waals surface area (Å²) in [6.07, 6.45) is 1.54. The zero-order valence-corrected chi connectivity index (χ0v) is 17.2. The first-order valence-electron chi connectivity index (χ1n) is 10.5. The number of hydrogen-bond donors (Lipinski definition) is 1. The van der Waals surface area contributed by atoms with Gasteiger partial charge in [0.2, 0.25) is 0 Å². The predicted octanol–water partition coefficient (Wildman–Crippen LogP) is 4.11. The van der Waals surface area contributed by atoms with Gasteiger partial charge in [-0.25, -0.2) is 9.97 Å². The Morgan fingerprint density at radius 2 is 1.77 bits per heavy atom. The Bertz CT molecular complexity index is 1380. The van der Waals surface area contributed by atoms with Crippen molar-refractivity contribution >= 4 is 27.5 Å². The molecule has 0 unspecified atom stereocenters. The number of ether oxygens (including phenoxy) is 1. The Hall–Kier alpha value is -3.71. The highest BCUT2D eigenvalue weighted by molar-refractivity contribution is 5.95. The Labute approximate surface area is 179 Å². The van der Waals surface area contributed by atoms with Crippen LogP contribution in [-0.4, -0.2) is 51.0 Å². The zero-order chi connectivity index (χ0) is 20.8. The minimum atomic E-state index is 0.725. The smallest absolute Gasteiger partial charge is 0.157 e. The van der Waals surface area contributed by atoms with Gasteiger partial charge in [0.05, 0.1) is 18.7 Å². The van der Waals surface area contributed by atoms with Crippen LogP contribution >= 0.6 is 0 Å². The van der Waals surface area contributed by atoms with E-state index in [9.17, 15) is 0 Å². The van der Waals surface area contributed by atoms with Gasteiger partial charge in [-0.2, -0.15) is 5.10 Å². The van der Waals surface area contributed by atoms with E-state index < -0.39 is 0 Å². The number of imidazole rings is 1. The van der Waals surface area contributed by atoms with E-state index in [1.54, 1.807) is 0 Å². The highest BCUT2D eigenvalue weighted by Gasteiger charge is 2.20. The van der Waals surface area contributed by atoms with Crippen molar-refractivity contribution in [2.24, 2.45) is 0 Å². The van der Waals surface area contributed by atoms with Crippen LogP contribution in [0.5, 0.6) is 0 Å². The average molecular weight is 410 g/mol. The van der Waals surface area contributed by atoms with Crippen LogP contribution in [0.3, 0.4) is 0 Å². The number of aromatic amines is 1. The van der Waals surface area contributed by atoms with Gasteiger partial charge in [0.1, 0.15) is 17.7 Å². The van der Waals surface area contributed by atoms with Crippen molar-refractivity contribution in [3.05, 3.63) is 66.7 Å². The molecule has 1 aliphatic heterocycles. The fraction of sp³-hybridized carbons (Fsp3) is 0.208. The molecule has 0 amide bonds. The summed E-state index contributed by atoms with van der Waals surface area (Å²) in [6, 6.07) is 19.4. The molecule has 0 bridgehead atoms. The summed E-state index contributed by atoms with van der Waals surface area (Å²) in [5.41, 5.74) is 5.17. The average Bonchev–Trinajstić information content (AvgIpc) is 3.46. The number of morpholine rings is 1. The zero-order valence-electron chi connectivity index (χ0n) is 17.2. The number of aryl methyl sites for hydroxylation is 1. The van der Waals surface area contributed by atoms with Gasteiger partial charge < -0.3 is 9.64 Å². The summed E-state index contributed by atoms with van der Waals surface area (Å²) in [6.45, 7) is 5.25. The number of anilines is 1. The van der Waals surface area contributed by atoms with Crippen LogP contribution in [-0.2, 0) is 4.74 Å². The molecule has 0 saturated carbocycles. The van der Waals surface area contributed by atoms with Gasteiger partial charge in [0.25, 0.3) is 0 Å². The van der Waals surface area contributed by atoms with Crippen molar-refractivity contribution in [3.8, 4) is 17.1 Å². The standard InChI is InChI=1S/C24H22N6O/c1-16-27-23-21(24-25-15-26-28-24)13-20(29-8-10-31-11-9-29)14-22(23)30(16)19-7-6-17-4-2-3-5-18(17)12-19/h2-7,12-15H,8-11H2,1H3,(H,25,26,28). The number of nitrogens with one attached hydrogen (secondary N) is 1. The fourth-order valence-electron chi connectivity index (χ4n) is 4.44. The molecule has 6 rings (SSSR count). The number of nitrogens with zero attached hydrogens (tertiary/aromatic N) is 5. The summed E-state index contributed by atoms with van der Waals surface area (Å²) in [7, 11) is 0. The van der Waals surface area contributed by atoms with Crippen LogP contribution in [0.25, 0.3) is 38.9 Å². The first kappa shape index (κ1) is 18.1. The number of hydrogen-bond acceptors (Lipinski definition) is 5. The van der Waals surface area contributed by atoms with Crippen LogP contribution in [0.15, 0.2) is 60.9 Å². The highest BCUT2D eigenvalue weighted by Crippen LogP contribution is 2.34. The third kappa shape index (κ3) is 3.05. The molecule has 1 saturated heterocycles. The summed E-state index contributed by atoms with van der Waals surface area (Å²) in [4.78, 5) is 11.7. The fourth-order valence-corrected chi connectivity index (χ4v) is 4.44. The van der Waals surface area contributed by atoms with Crippen molar-refractivity contribution in [1.82, 2.24) is 24.7 Å². The Morgan fingerprint density at radius 1 is 0.935 bits per heavy atom. The molecule has 3 heterocycles. The summed E-state index contributed by atoms with van der Waals surface area (Å²) < 4.78 is 7.79. The van der Waals surface area contributed by atoms with Crippen molar-refractivity contribution in [2.75, 3.05) is 31.2 Å². The molecule has 3 aromatic carbocycles. The normalized spacial score (nSPS) is 14.5. The maximum absolute atomic E-state index is 5.56. The lowest BCUT2D eigenvalue weighted by Crippen LogP contribution is -2.36. The van der Waals surface area contributed by atoms with Crippen LogP contribution in [0.2, 0.25) is 0 Å². The number of aromatic nitrogens is 5. The molecule has 1 N–H and O–H groups in total. The molecule has 0 radical (unpaired) electrons. The van der Waals surface area contributed by atoms with Gasteiger partial charge >= 0.3 is 0 Å². The van der Waals surface area contributed by atoms with E-state index in [2.05, 4.69) is 79.2 Å². The number of fused-ring (bicyclic) bond motifs is 2. The number of rotatable bonds is 3. The van der Waals surface area contributed by atoms with Gasteiger partial charge in [0.15, 0.2) is 5.82 Å². The van der Waals surface area contributed by atoms with Crippen LogP contribution < -0.4 is 4.90 Å². The molecule has 5 aromatic rings. The van der Waals surface area contributed by atoms with E-state index in [1.807, 2.05) is 6.92 Å². The molecule has 1 aliphatic rings. The van der Waals surface area contributed by atoms with Gasteiger partial charge in [-0.1, -0.05) is 30.3 Å². The van der Waals surface area contributed by atoms with Crippen molar-refractivity contribution in [1.29, 1.82) is 0 Å². The van der Waals surface area contributed by atoms with E-state index in [1.165, 1.54) is 17.1 Å². The van der Waals surface area contributed by atoms with E-state index in [0.717, 1.165) is 65.9 Å². The molecule has 2 aromatic heterocycles. The number of benzene rings is 3. The van der Waals surface area contributed by atoms with Crippen LogP contribution in [0.4, 0.5) is 5.69 Å². The second-order valence-corrected chi connectivity index (χ2v) is 7.82. The molecule has 0 spiro atoms. The van der Waals surface area contributed by atoms with Crippen LogP contribution in [0, 0.1) is 6.92 Å². The predicted molar refractivity (Wildman–Crippen MR) is 122 cm³/mol. The van der Waals surface area contributed by atoms with Crippen molar-refractivity contribution < 1.29 is 4.74 Å². The molecule has 0 aliphatic carbocycles. The lowest BCUT2D eigenvalue weighted by atomic mass is 10.1. The summed E-state index contributed by atoms with van der Waals surface area (Å²) in [5.74, 6) is 1.66. The minimum absolute atomic E-state index is 0.725. The molecule has 154 valence electrons. The summed E-state index contributed by atoms with van der Waals surface area (Å²) in [5, 5.41) is 9.52. The highest BCUT2D eigenvalue weighted by atomic mass is 16.5. The largest absolute Gasteiger partial charge is 0.378 e. The van der Waals surface area contributed by atoms with Gasteiger partial charge in [0, 0.05) is 30.0 Å². The Kier molecular flexibility index (Phi) is 4.21. The minimum Gasteiger partial charge on any atom is -0.378 e. The van der Waals surface area contributed by atoms with Gasteiger partial charge in [-0.05, 0) is 42.0 Å². The maximum atomic E-state index is 5.56. The van der Waals surface area contributed by atoms with E-state index in [-0.39, 0.29) is 0 Å². The van der Waals surface area contributed by atoms with Crippen LogP contribution in [0.1, 0.15) is 5.82 Å². The molecular weight excluding hydrogens is 388 g/mol. The first-order chi connectivity index (χ1) is 15.3. The Morgan fingerprint density at radius 3 is 2.58 bits per heavy atom. The molecule has 0 atom stereocenters. The second kappa shape index (κ2) is 7.21. The monoisotopic (exact) mass is 410 g/mol. The third-order valence-corrected chi connectivity index (χ3v) is 5.95. The summed E-state index contributed by atoms with van der Waals surface area (Å²) >= 11 is 0. The molecule has 1 fully saturated rings. The van der Waals surface area contributed by atoms with E-state index in [4.69, 9.17) is 9.72 Å². The molecule has 31 heavy (non-hydrogen) atoms. The topological polar surface area (TPSA) is 71.9 Å². The molecule has 7 heteroatoms. The lowest BCUT2D eigenvalue weighted by Gasteiger charge is -2.29. The van der Waals surface area contributed by atoms with Crippen molar-refractivity contribution in [2.45, 2.75) is 6.92 Å². The first-order valence-corrected chi connectivity index (χ1v) is 10.5. The quantitative estimate of drug-likeness (QED) is 0.485. The van der Waals surface area contributed by atoms with E-state index in [0.29, 0.717) is 0 Å². The van der Waals surface area contributed by atoms with Gasteiger partial charge in [-0.15, -0.1) is 0 Å². The van der Waals surface area contributed by atoms with E-state index >= 15 is 0 Å². The maximum Gasteiger partial charge on any atom is 0.157 e. The Balaban J connectivity index is 1.61. The van der Waals surface area contributed by atoms with Crippen molar-refractivity contribution in [3.63, 3.8) is 0 Å². The lowest BCUT2D eigenvalue weighted by molar-refractivity contribution is 0.122. The van der Waals surface area contributed by atoms with Gasteiger partial charge in [-0.3, -0.25) is 9.67 Å². The molecular formula is C24H22N6O.